The molecule has 0 aliphatic heterocycles. The number of aliphatic hydroxyl groups excluding tert-OH is 1. The number of hydrogen-bond donors (Lipinski definition) is 1. The molecule has 16 heavy (non-hydrogen) atoms. The van der Waals surface area contributed by atoms with Crippen molar-refractivity contribution in [2.75, 3.05) is 0 Å². The van der Waals surface area contributed by atoms with Crippen LogP contribution in [0.25, 0.3) is 11.3 Å². The summed E-state index contributed by atoms with van der Waals surface area (Å²) < 4.78 is 4.97. The van der Waals surface area contributed by atoms with Crippen molar-refractivity contribution in [3.05, 3.63) is 40.1 Å². The van der Waals surface area contributed by atoms with Crippen LogP contribution in [0.2, 0.25) is 10.0 Å². The van der Waals surface area contributed by atoms with Gasteiger partial charge in [-0.15, -0.1) is 0 Å². The third kappa shape index (κ3) is 2.21. The van der Waals surface area contributed by atoms with Crippen LogP contribution in [-0.4, -0.2) is 10.3 Å². The molecule has 0 spiro atoms. The van der Waals surface area contributed by atoms with Crippen molar-refractivity contribution in [3.63, 3.8) is 0 Å². The van der Waals surface area contributed by atoms with Gasteiger partial charge in [-0.25, -0.2) is 0 Å². The van der Waals surface area contributed by atoms with E-state index in [4.69, 9.17) is 27.7 Å². The van der Waals surface area contributed by atoms with E-state index in [9.17, 15) is 5.11 Å². The lowest BCUT2D eigenvalue weighted by Gasteiger charge is -1.99. The Bertz CT molecular complexity index is 508. The first-order valence-corrected chi connectivity index (χ1v) is 5.43. The molecule has 5 heteroatoms. The van der Waals surface area contributed by atoms with E-state index < -0.39 is 6.10 Å². The second kappa shape index (κ2) is 4.45. The maximum absolute atomic E-state index is 9.32. The van der Waals surface area contributed by atoms with Crippen molar-refractivity contribution in [2.24, 2.45) is 0 Å². The molecule has 2 rings (SSSR count). The van der Waals surface area contributed by atoms with Gasteiger partial charge < -0.3 is 9.63 Å². The smallest absolute Gasteiger partial charge is 0.165 e. The number of benzene rings is 1. The van der Waals surface area contributed by atoms with Gasteiger partial charge in [0.05, 0.1) is 5.02 Å². The van der Waals surface area contributed by atoms with Gasteiger partial charge in [0.2, 0.25) is 0 Å². The molecule has 0 radical (unpaired) electrons. The van der Waals surface area contributed by atoms with E-state index in [-0.39, 0.29) is 0 Å². The second-order valence-corrected chi connectivity index (χ2v) is 4.26. The SMILES string of the molecule is CC(O)c1cc(-c2cc(Cl)ccc2Cl)no1. The number of aliphatic hydroxyl groups is 1. The summed E-state index contributed by atoms with van der Waals surface area (Å²) in [6.07, 6.45) is -0.695. The lowest BCUT2D eigenvalue weighted by molar-refractivity contribution is 0.158. The van der Waals surface area contributed by atoms with E-state index in [1.807, 2.05) is 0 Å². The van der Waals surface area contributed by atoms with Crippen LogP contribution >= 0.6 is 23.2 Å². The van der Waals surface area contributed by atoms with E-state index in [2.05, 4.69) is 5.16 Å². The van der Waals surface area contributed by atoms with Crippen molar-refractivity contribution < 1.29 is 9.63 Å². The molecule has 1 aromatic carbocycles. The number of halogens is 2. The highest BCUT2D eigenvalue weighted by Gasteiger charge is 2.13. The molecule has 1 atom stereocenters. The quantitative estimate of drug-likeness (QED) is 0.893. The minimum Gasteiger partial charge on any atom is -0.385 e. The highest BCUT2D eigenvalue weighted by molar-refractivity contribution is 6.35. The van der Waals surface area contributed by atoms with E-state index in [1.165, 1.54) is 0 Å². The van der Waals surface area contributed by atoms with Crippen LogP contribution in [0, 0.1) is 0 Å². The van der Waals surface area contributed by atoms with E-state index in [0.29, 0.717) is 27.1 Å². The summed E-state index contributed by atoms with van der Waals surface area (Å²) in [6, 6.07) is 6.73. The van der Waals surface area contributed by atoms with Crippen molar-refractivity contribution in [3.8, 4) is 11.3 Å². The summed E-state index contributed by atoms with van der Waals surface area (Å²) >= 11 is 11.9. The largest absolute Gasteiger partial charge is 0.385 e. The van der Waals surface area contributed by atoms with Crippen molar-refractivity contribution >= 4 is 23.2 Å². The number of nitrogens with zero attached hydrogens (tertiary/aromatic N) is 1. The fourth-order valence-corrected chi connectivity index (χ4v) is 1.69. The van der Waals surface area contributed by atoms with Gasteiger partial charge in [-0.1, -0.05) is 28.4 Å². The monoisotopic (exact) mass is 257 g/mol. The average Bonchev–Trinajstić information content (AvgIpc) is 2.70. The molecule has 1 aromatic heterocycles. The summed E-state index contributed by atoms with van der Waals surface area (Å²) in [5.74, 6) is 0.394. The topological polar surface area (TPSA) is 46.3 Å². The molecule has 0 saturated carbocycles. The van der Waals surface area contributed by atoms with Crippen LogP contribution in [0.4, 0.5) is 0 Å². The van der Waals surface area contributed by atoms with E-state index >= 15 is 0 Å². The van der Waals surface area contributed by atoms with Gasteiger partial charge in [-0.2, -0.15) is 0 Å². The Kier molecular flexibility index (Phi) is 3.19. The summed E-state index contributed by atoms with van der Waals surface area (Å²) in [7, 11) is 0. The maximum atomic E-state index is 9.32. The summed E-state index contributed by atoms with van der Waals surface area (Å²) in [5.41, 5.74) is 1.24. The standard InChI is InChI=1S/C11H9Cl2NO2/c1-6(15)11-5-10(14-16-11)8-4-7(12)2-3-9(8)13/h2-6,15H,1H3. The molecule has 1 N–H and O–H groups in total. The molecular weight excluding hydrogens is 249 g/mol. The molecule has 84 valence electrons. The van der Waals surface area contributed by atoms with Gasteiger partial charge in [0.15, 0.2) is 5.76 Å². The predicted molar refractivity (Wildman–Crippen MR) is 62.6 cm³/mol. The van der Waals surface area contributed by atoms with Gasteiger partial charge in [0.1, 0.15) is 11.8 Å². The van der Waals surface area contributed by atoms with Gasteiger partial charge in [0.25, 0.3) is 0 Å². The fourth-order valence-electron chi connectivity index (χ4n) is 1.31. The van der Waals surface area contributed by atoms with Crippen molar-refractivity contribution in [2.45, 2.75) is 13.0 Å². The molecule has 0 fully saturated rings. The number of hydrogen-bond acceptors (Lipinski definition) is 3. The van der Waals surface area contributed by atoms with Crippen LogP contribution in [0.3, 0.4) is 0 Å². The molecule has 0 bridgehead atoms. The zero-order valence-corrected chi connectivity index (χ0v) is 9.96. The summed E-state index contributed by atoms with van der Waals surface area (Å²) in [4.78, 5) is 0. The lowest BCUT2D eigenvalue weighted by Crippen LogP contribution is -1.85. The highest BCUT2D eigenvalue weighted by atomic mass is 35.5. The molecule has 0 amide bonds. The Morgan fingerprint density at radius 2 is 2.06 bits per heavy atom. The van der Waals surface area contributed by atoms with Crippen molar-refractivity contribution in [1.29, 1.82) is 0 Å². The Morgan fingerprint density at radius 1 is 1.31 bits per heavy atom. The second-order valence-electron chi connectivity index (χ2n) is 3.41. The van der Waals surface area contributed by atoms with Gasteiger partial charge in [-0.3, -0.25) is 0 Å². The Morgan fingerprint density at radius 3 is 2.69 bits per heavy atom. The lowest BCUT2D eigenvalue weighted by atomic mass is 10.1. The van der Waals surface area contributed by atoms with Crippen molar-refractivity contribution in [1.82, 2.24) is 5.16 Å². The van der Waals surface area contributed by atoms with Gasteiger partial charge in [-0.05, 0) is 25.1 Å². The molecule has 1 heterocycles. The van der Waals surface area contributed by atoms with Crippen LogP contribution in [0.1, 0.15) is 18.8 Å². The fraction of sp³-hybridized carbons (Fsp3) is 0.182. The van der Waals surface area contributed by atoms with E-state index in [1.54, 1.807) is 31.2 Å². The predicted octanol–water partition coefficient (Wildman–Crippen LogP) is 3.70. The number of aromatic nitrogens is 1. The van der Waals surface area contributed by atoms with Crippen LogP contribution in [0.15, 0.2) is 28.8 Å². The highest BCUT2D eigenvalue weighted by Crippen LogP contribution is 2.31. The van der Waals surface area contributed by atoms with Gasteiger partial charge in [0, 0.05) is 16.7 Å². The normalized spacial score (nSPS) is 12.8. The third-order valence-electron chi connectivity index (χ3n) is 2.14. The first-order valence-electron chi connectivity index (χ1n) is 4.68. The minimum atomic E-state index is -0.695. The number of rotatable bonds is 2. The van der Waals surface area contributed by atoms with Crippen LogP contribution in [0.5, 0.6) is 0 Å². The molecule has 0 aliphatic carbocycles. The molecule has 2 aromatic rings. The first kappa shape index (κ1) is 11.5. The van der Waals surface area contributed by atoms with Crippen LogP contribution < -0.4 is 0 Å². The molecular formula is C11H9Cl2NO2. The Balaban J connectivity index is 2.46. The summed E-state index contributed by atoms with van der Waals surface area (Å²) in [5, 5.41) is 14.3. The minimum absolute atomic E-state index is 0.394. The average molecular weight is 258 g/mol. The zero-order chi connectivity index (χ0) is 11.7. The molecule has 0 saturated heterocycles. The maximum Gasteiger partial charge on any atom is 0.165 e. The first-order chi connectivity index (χ1) is 7.58. The summed E-state index contributed by atoms with van der Waals surface area (Å²) in [6.45, 7) is 1.60. The molecule has 1 unspecified atom stereocenters. The molecule has 0 aliphatic rings. The Labute approximate surface area is 103 Å². The third-order valence-corrected chi connectivity index (χ3v) is 2.71. The Hall–Kier alpha value is -1.03. The van der Waals surface area contributed by atoms with E-state index in [0.717, 1.165) is 0 Å². The molecule has 3 nitrogen and oxygen atoms in total. The zero-order valence-electron chi connectivity index (χ0n) is 8.45. The van der Waals surface area contributed by atoms with Gasteiger partial charge >= 0.3 is 0 Å². The van der Waals surface area contributed by atoms with Crippen LogP contribution in [-0.2, 0) is 0 Å².